The van der Waals surface area contributed by atoms with Crippen molar-refractivity contribution in [3.8, 4) is 0 Å². The number of nitrogens with zero attached hydrogens (tertiary/aromatic N) is 1. The molecule has 0 aromatic rings. The number of urea groups is 1. The first kappa shape index (κ1) is 18.4. The zero-order valence-corrected chi connectivity index (χ0v) is 13.8. The van der Waals surface area contributed by atoms with Crippen molar-refractivity contribution in [2.75, 3.05) is 40.5 Å². The van der Waals surface area contributed by atoms with Gasteiger partial charge in [-0.1, -0.05) is 0 Å². The topological polar surface area (TPSA) is 60.0 Å². The summed E-state index contributed by atoms with van der Waals surface area (Å²) < 4.78 is 17.3. The zero-order valence-electron chi connectivity index (χ0n) is 12.8. The minimum atomic E-state index is -2.57. The van der Waals surface area contributed by atoms with Gasteiger partial charge in [-0.25, -0.2) is 4.79 Å². The third-order valence-electron chi connectivity index (χ3n) is 2.63. The molecule has 19 heavy (non-hydrogen) atoms. The molecule has 0 fully saturated rings. The maximum Gasteiger partial charge on any atom is 0.500 e. The average Bonchev–Trinajstić information content (AvgIpc) is 2.38. The van der Waals surface area contributed by atoms with E-state index in [1.165, 1.54) is 0 Å². The van der Waals surface area contributed by atoms with E-state index in [9.17, 15) is 4.79 Å². The van der Waals surface area contributed by atoms with Gasteiger partial charge in [0.25, 0.3) is 0 Å². The lowest BCUT2D eigenvalue weighted by Crippen LogP contribution is -2.46. The second-order valence-corrected chi connectivity index (χ2v) is 6.79. The van der Waals surface area contributed by atoms with Gasteiger partial charge in [0.15, 0.2) is 0 Å². The van der Waals surface area contributed by atoms with Crippen LogP contribution in [0.5, 0.6) is 0 Å². The summed E-state index contributed by atoms with van der Waals surface area (Å²) in [6.45, 7) is 8.22. The van der Waals surface area contributed by atoms with Crippen LogP contribution in [0.15, 0.2) is 0 Å². The van der Waals surface area contributed by atoms with Crippen molar-refractivity contribution in [2.24, 2.45) is 0 Å². The molecule has 0 unspecified atom stereocenters. The van der Waals surface area contributed by atoms with E-state index in [4.69, 9.17) is 13.3 Å². The van der Waals surface area contributed by atoms with E-state index < -0.39 is 8.80 Å². The summed E-state index contributed by atoms with van der Waals surface area (Å²) in [6.07, 6.45) is 0.802. The van der Waals surface area contributed by atoms with Crippen LogP contribution in [0.3, 0.4) is 0 Å². The fourth-order valence-electron chi connectivity index (χ4n) is 1.83. The normalized spacial score (nSPS) is 11.4. The smallest absolute Gasteiger partial charge is 0.374 e. The lowest BCUT2D eigenvalue weighted by molar-refractivity contribution is 0.0703. The minimum Gasteiger partial charge on any atom is -0.374 e. The van der Waals surface area contributed by atoms with E-state index in [1.807, 2.05) is 20.8 Å². The average molecular weight is 292 g/mol. The number of hydrogen-bond donors (Lipinski definition) is 1. The Morgan fingerprint density at radius 3 is 1.95 bits per heavy atom. The number of rotatable bonds is 10. The van der Waals surface area contributed by atoms with Crippen LogP contribution in [0, 0.1) is 0 Å². The van der Waals surface area contributed by atoms with Crippen molar-refractivity contribution in [1.82, 2.24) is 10.2 Å². The Bertz CT molecular complexity index is 237. The SMILES string of the molecule is CCO[Si](CCCN(C)C(=O)NC)(OCC)OCC. The second-order valence-electron chi connectivity index (χ2n) is 4.06. The van der Waals surface area contributed by atoms with Crippen LogP contribution in [0.1, 0.15) is 27.2 Å². The number of hydrogen-bond acceptors (Lipinski definition) is 4. The molecule has 0 aliphatic rings. The van der Waals surface area contributed by atoms with Gasteiger partial charge in [-0.2, -0.15) is 0 Å². The van der Waals surface area contributed by atoms with Crippen molar-refractivity contribution >= 4 is 14.8 Å². The van der Waals surface area contributed by atoms with Gasteiger partial charge in [0.05, 0.1) is 0 Å². The predicted molar refractivity (Wildman–Crippen MR) is 77.1 cm³/mol. The van der Waals surface area contributed by atoms with E-state index >= 15 is 0 Å². The maximum absolute atomic E-state index is 11.4. The van der Waals surface area contributed by atoms with Crippen molar-refractivity contribution in [3.05, 3.63) is 0 Å². The minimum absolute atomic E-state index is 0.0866. The second kappa shape index (κ2) is 10.2. The maximum atomic E-state index is 11.4. The summed E-state index contributed by atoms with van der Waals surface area (Å²) in [5.41, 5.74) is 0. The quantitative estimate of drug-likeness (QED) is 0.623. The van der Waals surface area contributed by atoms with E-state index in [0.29, 0.717) is 26.4 Å². The molecule has 0 atom stereocenters. The first-order valence-electron chi connectivity index (χ1n) is 6.89. The summed E-state index contributed by atoms with van der Waals surface area (Å²) in [6, 6.07) is 0.639. The Hall–Kier alpha value is -0.633. The summed E-state index contributed by atoms with van der Waals surface area (Å²) >= 11 is 0. The molecular formula is C12H28N2O4Si. The summed E-state index contributed by atoms with van der Waals surface area (Å²) in [4.78, 5) is 13.0. The Balaban J connectivity index is 4.35. The van der Waals surface area contributed by atoms with Crippen LogP contribution in [0.25, 0.3) is 0 Å². The fourth-order valence-corrected chi connectivity index (χ4v) is 4.42. The molecule has 0 aliphatic carbocycles. The van der Waals surface area contributed by atoms with Crippen LogP contribution >= 0.6 is 0 Å². The monoisotopic (exact) mass is 292 g/mol. The summed E-state index contributed by atoms with van der Waals surface area (Å²) in [5, 5.41) is 2.59. The molecule has 7 heteroatoms. The Morgan fingerprint density at radius 1 is 1.11 bits per heavy atom. The Kier molecular flexibility index (Phi) is 9.85. The van der Waals surface area contributed by atoms with Gasteiger partial charge in [0.2, 0.25) is 0 Å². The largest absolute Gasteiger partial charge is 0.500 e. The van der Waals surface area contributed by atoms with Gasteiger partial charge < -0.3 is 23.5 Å². The van der Waals surface area contributed by atoms with Crippen LogP contribution in [0.4, 0.5) is 4.79 Å². The molecule has 2 amide bonds. The highest BCUT2D eigenvalue weighted by molar-refractivity contribution is 6.60. The number of carbonyl (C=O) groups excluding carboxylic acids is 1. The molecule has 6 nitrogen and oxygen atoms in total. The van der Waals surface area contributed by atoms with Crippen molar-refractivity contribution in [2.45, 2.75) is 33.2 Å². The van der Waals surface area contributed by atoms with E-state index in [-0.39, 0.29) is 6.03 Å². The molecule has 0 bridgehead atoms. The van der Waals surface area contributed by atoms with Gasteiger partial charge in [0, 0.05) is 46.5 Å². The lowest BCUT2D eigenvalue weighted by atomic mass is 10.4. The van der Waals surface area contributed by atoms with E-state index in [0.717, 1.165) is 12.5 Å². The fraction of sp³-hybridized carbons (Fsp3) is 0.917. The molecule has 0 aromatic heterocycles. The summed E-state index contributed by atoms with van der Waals surface area (Å²) in [7, 11) is 0.826. The molecule has 1 N–H and O–H groups in total. The van der Waals surface area contributed by atoms with E-state index in [1.54, 1.807) is 19.0 Å². The molecule has 0 saturated carbocycles. The molecule has 0 saturated heterocycles. The molecule has 0 aliphatic heterocycles. The van der Waals surface area contributed by atoms with Crippen molar-refractivity contribution < 1.29 is 18.1 Å². The molecule has 0 spiro atoms. The lowest BCUT2D eigenvalue weighted by Gasteiger charge is -2.29. The first-order chi connectivity index (χ1) is 9.05. The highest BCUT2D eigenvalue weighted by Gasteiger charge is 2.39. The Morgan fingerprint density at radius 2 is 1.58 bits per heavy atom. The van der Waals surface area contributed by atoms with Gasteiger partial charge >= 0.3 is 14.8 Å². The molecular weight excluding hydrogens is 264 g/mol. The predicted octanol–water partition coefficient (Wildman–Crippen LogP) is 1.70. The van der Waals surface area contributed by atoms with Gasteiger partial charge in [-0.3, -0.25) is 0 Å². The molecule has 0 rings (SSSR count). The zero-order chi connectivity index (χ0) is 14.7. The number of amides is 2. The molecule has 0 aromatic carbocycles. The van der Waals surface area contributed by atoms with Crippen LogP contribution < -0.4 is 5.32 Å². The first-order valence-corrected chi connectivity index (χ1v) is 8.83. The molecule has 0 heterocycles. The number of nitrogens with one attached hydrogen (secondary N) is 1. The van der Waals surface area contributed by atoms with Gasteiger partial charge in [-0.05, 0) is 27.2 Å². The van der Waals surface area contributed by atoms with Crippen LogP contribution in [-0.4, -0.2) is 60.2 Å². The number of carbonyl (C=O) groups is 1. The van der Waals surface area contributed by atoms with Crippen molar-refractivity contribution in [3.63, 3.8) is 0 Å². The van der Waals surface area contributed by atoms with E-state index in [2.05, 4.69) is 5.32 Å². The third kappa shape index (κ3) is 6.91. The molecule has 0 radical (unpaired) electrons. The van der Waals surface area contributed by atoms with Gasteiger partial charge in [0.1, 0.15) is 0 Å². The highest BCUT2D eigenvalue weighted by Crippen LogP contribution is 2.18. The Labute approximate surface area is 117 Å². The standard InChI is InChI=1S/C12H28N2O4Si/c1-6-16-19(17-7-2,18-8-3)11-9-10-14(5)12(15)13-4/h6-11H2,1-5H3,(H,13,15). The van der Waals surface area contributed by atoms with Gasteiger partial charge in [-0.15, -0.1) is 0 Å². The summed E-state index contributed by atoms with van der Waals surface area (Å²) in [5.74, 6) is 0. The van der Waals surface area contributed by atoms with Crippen LogP contribution in [0.2, 0.25) is 6.04 Å². The molecule has 114 valence electrons. The van der Waals surface area contributed by atoms with Crippen molar-refractivity contribution in [1.29, 1.82) is 0 Å². The highest BCUT2D eigenvalue weighted by atomic mass is 28.4. The third-order valence-corrected chi connectivity index (χ3v) is 5.78. The van der Waals surface area contributed by atoms with Crippen LogP contribution in [-0.2, 0) is 13.3 Å².